The lowest BCUT2D eigenvalue weighted by atomic mass is 9.95. The van der Waals surface area contributed by atoms with Crippen LogP contribution in [0.25, 0.3) is 0 Å². The minimum absolute atomic E-state index is 0.113. The second-order valence-electron chi connectivity index (χ2n) is 5.32. The second-order valence-corrected chi connectivity index (χ2v) is 6.16. The number of piperidine rings is 1. The van der Waals surface area contributed by atoms with E-state index in [-0.39, 0.29) is 11.8 Å². The normalized spacial score (nSPS) is 16.7. The highest BCUT2D eigenvalue weighted by atomic mass is 35.5. The maximum Gasteiger partial charge on any atom is 0.223 e. The average molecular weight is 327 g/mol. The van der Waals surface area contributed by atoms with Crippen molar-refractivity contribution in [2.45, 2.75) is 19.4 Å². The monoisotopic (exact) mass is 326 g/mol. The Balaban J connectivity index is 1.84. The van der Waals surface area contributed by atoms with Crippen LogP contribution in [-0.4, -0.2) is 30.4 Å². The number of benzene rings is 1. The zero-order valence-corrected chi connectivity index (χ0v) is 13.5. The topological polar surface area (TPSA) is 32.3 Å². The van der Waals surface area contributed by atoms with Crippen LogP contribution in [0.3, 0.4) is 0 Å². The Bertz CT molecular complexity index is 511. The highest BCUT2D eigenvalue weighted by molar-refractivity contribution is 6.35. The molecule has 0 aromatic heterocycles. The lowest BCUT2D eigenvalue weighted by molar-refractivity contribution is -0.126. The van der Waals surface area contributed by atoms with Crippen molar-refractivity contribution in [3.63, 3.8) is 0 Å². The lowest BCUT2D eigenvalue weighted by Gasteiger charge is -2.31. The van der Waals surface area contributed by atoms with Crippen LogP contribution in [0.15, 0.2) is 30.9 Å². The summed E-state index contributed by atoms with van der Waals surface area (Å²) in [5.41, 5.74) is 1.08. The molecule has 1 heterocycles. The minimum Gasteiger partial charge on any atom is -0.352 e. The summed E-state index contributed by atoms with van der Waals surface area (Å²) in [4.78, 5) is 14.2. The predicted octanol–water partition coefficient (Wildman–Crippen LogP) is 3.51. The van der Waals surface area contributed by atoms with Gasteiger partial charge in [-0.25, -0.2) is 0 Å². The van der Waals surface area contributed by atoms with E-state index in [2.05, 4.69) is 16.8 Å². The predicted molar refractivity (Wildman–Crippen MR) is 87.7 cm³/mol. The van der Waals surface area contributed by atoms with Crippen molar-refractivity contribution >= 4 is 29.1 Å². The van der Waals surface area contributed by atoms with Gasteiger partial charge in [-0.3, -0.25) is 9.69 Å². The van der Waals surface area contributed by atoms with Crippen molar-refractivity contribution in [1.82, 2.24) is 10.2 Å². The van der Waals surface area contributed by atoms with E-state index in [1.807, 2.05) is 12.1 Å². The van der Waals surface area contributed by atoms with E-state index >= 15 is 0 Å². The Kier molecular flexibility index (Phi) is 6.09. The number of hydrogen-bond donors (Lipinski definition) is 1. The number of hydrogen-bond acceptors (Lipinski definition) is 2. The van der Waals surface area contributed by atoms with Gasteiger partial charge in [0.15, 0.2) is 0 Å². The summed E-state index contributed by atoms with van der Waals surface area (Å²) in [6.45, 7) is 6.77. The quantitative estimate of drug-likeness (QED) is 0.840. The van der Waals surface area contributed by atoms with Crippen LogP contribution >= 0.6 is 23.2 Å². The molecule has 114 valence electrons. The molecule has 3 nitrogen and oxygen atoms in total. The molecule has 0 saturated carbocycles. The molecule has 5 heteroatoms. The first-order chi connectivity index (χ1) is 10.1. The maximum atomic E-state index is 11.9. The first-order valence-electron chi connectivity index (χ1n) is 7.15. The van der Waals surface area contributed by atoms with Gasteiger partial charge in [0, 0.05) is 29.1 Å². The third-order valence-corrected chi connectivity index (χ3v) is 4.38. The molecular weight excluding hydrogens is 307 g/mol. The van der Waals surface area contributed by atoms with Crippen molar-refractivity contribution < 1.29 is 4.79 Å². The van der Waals surface area contributed by atoms with Crippen LogP contribution in [-0.2, 0) is 11.3 Å². The van der Waals surface area contributed by atoms with Gasteiger partial charge in [0.05, 0.1) is 0 Å². The van der Waals surface area contributed by atoms with E-state index in [9.17, 15) is 4.79 Å². The molecule has 1 N–H and O–H groups in total. The Hall–Kier alpha value is -1.03. The largest absolute Gasteiger partial charge is 0.352 e. The summed E-state index contributed by atoms with van der Waals surface area (Å²) in [5, 5.41) is 4.23. The van der Waals surface area contributed by atoms with E-state index in [1.165, 1.54) is 0 Å². The number of carbonyl (C=O) groups excluding carboxylic acids is 1. The highest BCUT2D eigenvalue weighted by Gasteiger charge is 2.24. The zero-order chi connectivity index (χ0) is 15.2. The van der Waals surface area contributed by atoms with Crippen LogP contribution in [0.5, 0.6) is 0 Å². The molecule has 2 rings (SSSR count). The number of nitrogens with zero attached hydrogens (tertiary/aromatic N) is 1. The smallest absolute Gasteiger partial charge is 0.223 e. The van der Waals surface area contributed by atoms with Gasteiger partial charge in [-0.2, -0.15) is 0 Å². The van der Waals surface area contributed by atoms with Gasteiger partial charge in [-0.1, -0.05) is 35.3 Å². The summed E-state index contributed by atoms with van der Waals surface area (Å²) < 4.78 is 0. The molecule has 1 aromatic rings. The molecular formula is C16H20Cl2N2O. The molecule has 0 radical (unpaired) electrons. The van der Waals surface area contributed by atoms with Gasteiger partial charge >= 0.3 is 0 Å². The maximum absolute atomic E-state index is 11.9. The Morgan fingerprint density at radius 3 is 2.71 bits per heavy atom. The minimum atomic E-state index is 0.113. The molecule has 0 bridgehead atoms. The standard InChI is InChI=1S/C16H20Cl2N2O/c1-2-7-19-16(21)12-5-8-20(9-6-12)11-13-3-4-14(17)10-15(13)18/h2-4,10,12H,1,5-9,11H2,(H,19,21). The molecule has 1 saturated heterocycles. The number of amides is 1. The molecule has 1 aliphatic heterocycles. The van der Waals surface area contributed by atoms with E-state index in [0.29, 0.717) is 16.6 Å². The van der Waals surface area contributed by atoms with Gasteiger partial charge in [-0.15, -0.1) is 6.58 Å². The molecule has 0 aliphatic carbocycles. The van der Waals surface area contributed by atoms with Crippen LogP contribution in [0.2, 0.25) is 10.0 Å². The van der Waals surface area contributed by atoms with Crippen LogP contribution in [0, 0.1) is 5.92 Å². The zero-order valence-electron chi connectivity index (χ0n) is 11.9. The number of halogens is 2. The fraction of sp³-hybridized carbons (Fsp3) is 0.438. The summed E-state index contributed by atoms with van der Waals surface area (Å²) in [6.07, 6.45) is 3.47. The van der Waals surface area contributed by atoms with E-state index in [1.54, 1.807) is 12.1 Å². The SMILES string of the molecule is C=CCNC(=O)C1CCN(Cc2ccc(Cl)cc2Cl)CC1. The number of rotatable bonds is 5. The van der Waals surface area contributed by atoms with Gasteiger partial charge < -0.3 is 5.32 Å². The summed E-state index contributed by atoms with van der Waals surface area (Å²) in [5.74, 6) is 0.251. The van der Waals surface area contributed by atoms with Crippen molar-refractivity contribution in [2.24, 2.45) is 5.92 Å². The molecule has 1 amide bonds. The van der Waals surface area contributed by atoms with Crippen LogP contribution < -0.4 is 5.32 Å². The molecule has 21 heavy (non-hydrogen) atoms. The second kappa shape index (κ2) is 7.83. The third kappa shape index (κ3) is 4.73. The summed E-state index contributed by atoms with van der Waals surface area (Å²) in [6, 6.07) is 5.60. The molecule has 1 aliphatic rings. The highest BCUT2D eigenvalue weighted by Crippen LogP contribution is 2.24. The van der Waals surface area contributed by atoms with Gasteiger partial charge in [-0.05, 0) is 43.6 Å². The molecule has 0 atom stereocenters. The van der Waals surface area contributed by atoms with Crippen molar-refractivity contribution in [3.8, 4) is 0 Å². The molecule has 1 aromatic carbocycles. The average Bonchev–Trinajstić information content (AvgIpc) is 2.48. The summed E-state index contributed by atoms with van der Waals surface area (Å²) in [7, 11) is 0. The fourth-order valence-corrected chi connectivity index (χ4v) is 3.03. The van der Waals surface area contributed by atoms with Gasteiger partial charge in [0.2, 0.25) is 5.91 Å². The lowest BCUT2D eigenvalue weighted by Crippen LogP contribution is -2.40. The van der Waals surface area contributed by atoms with Crippen molar-refractivity contribution in [1.29, 1.82) is 0 Å². The van der Waals surface area contributed by atoms with Gasteiger partial charge in [0.25, 0.3) is 0 Å². The Labute approximate surface area is 135 Å². The van der Waals surface area contributed by atoms with Crippen LogP contribution in [0.1, 0.15) is 18.4 Å². The summed E-state index contributed by atoms with van der Waals surface area (Å²) >= 11 is 12.1. The van der Waals surface area contributed by atoms with Crippen molar-refractivity contribution in [2.75, 3.05) is 19.6 Å². The molecule has 0 unspecified atom stereocenters. The third-order valence-electron chi connectivity index (χ3n) is 3.79. The number of likely N-dealkylation sites (tertiary alicyclic amines) is 1. The first-order valence-corrected chi connectivity index (χ1v) is 7.90. The molecule has 1 fully saturated rings. The fourth-order valence-electron chi connectivity index (χ4n) is 2.56. The van der Waals surface area contributed by atoms with E-state index in [4.69, 9.17) is 23.2 Å². The van der Waals surface area contributed by atoms with Crippen molar-refractivity contribution in [3.05, 3.63) is 46.5 Å². The van der Waals surface area contributed by atoms with E-state index in [0.717, 1.165) is 38.0 Å². The number of nitrogens with one attached hydrogen (secondary N) is 1. The number of carbonyl (C=O) groups is 1. The van der Waals surface area contributed by atoms with Crippen LogP contribution in [0.4, 0.5) is 0 Å². The van der Waals surface area contributed by atoms with E-state index < -0.39 is 0 Å². The van der Waals surface area contributed by atoms with Gasteiger partial charge in [0.1, 0.15) is 0 Å². The Morgan fingerprint density at radius 2 is 2.10 bits per heavy atom. The molecule has 0 spiro atoms. The Morgan fingerprint density at radius 1 is 1.38 bits per heavy atom. The first kappa shape index (κ1) is 16.3.